The molecule has 0 radical (unpaired) electrons. The zero-order valence-electron chi connectivity index (χ0n) is 11.7. The third kappa shape index (κ3) is 3.69. The monoisotopic (exact) mass is 329 g/mol. The highest BCUT2D eigenvalue weighted by atomic mass is 35.5. The maximum absolute atomic E-state index is 12.4. The fraction of sp³-hybridized carbons (Fsp3) is 0.467. The Kier molecular flexibility index (Phi) is 5.12. The van der Waals surface area contributed by atoms with Gasteiger partial charge >= 0.3 is 5.97 Å². The molecule has 2 atom stereocenters. The lowest BCUT2D eigenvalue weighted by Crippen LogP contribution is -2.36. The summed E-state index contributed by atoms with van der Waals surface area (Å²) in [5.41, 5.74) is 0.866. The van der Waals surface area contributed by atoms with E-state index in [1.807, 2.05) is 0 Å². The number of carboxylic acids is 1. The summed E-state index contributed by atoms with van der Waals surface area (Å²) in [5, 5.41) is 10.1. The minimum atomic E-state index is -0.881. The minimum absolute atomic E-state index is 0.119. The predicted molar refractivity (Wildman–Crippen MR) is 81.4 cm³/mol. The van der Waals surface area contributed by atoms with Crippen molar-refractivity contribution in [2.24, 2.45) is 11.8 Å². The molecule has 0 bridgehead atoms. The molecule has 1 saturated carbocycles. The zero-order chi connectivity index (χ0) is 15.6. The van der Waals surface area contributed by atoms with E-state index in [2.05, 4.69) is 0 Å². The Labute approximate surface area is 133 Å². The number of halogens is 2. The Hall–Kier alpha value is -1.26. The number of carbonyl (C=O) groups is 2. The van der Waals surface area contributed by atoms with Gasteiger partial charge in [-0.05, 0) is 30.5 Å². The maximum atomic E-state index is 12.4. The number of carboxylic acid groups (broad SMARTS) is 1. The maximum Gasteiger partial charge on any atom is 0.307 e. The largest absolute Gasteiger partial charge is 0.481 e. The average molecular weight is 330 g/mol. The van der Waals surface area contributed by atoms with Gasteiger partial charge in [0.25, 0.3) is 0 Å². The average Bonchev–Trinajstić information content (AvgIpc) is 2.91. The van der Waals surface area contributed by atoms with Crippen LogP contribution in [-0.2, 0) is 16.1 Å². The van der Waals surface area contributed by atoms with Crippen LogP contribution in [0.2, 0.25) is 10.0 Å². The molecule has 114 valence electrons. The predicted octanol–water partition coefficient (Wildman–Crippen LogP) is 3.45. The second-order valence-electron chi connectivity index (χ2n) is 5.42. The fourth-order valence-corrected chi connectivity index (χ4v) is 3.14. The van der Waals surface area contributed by atoms with E-state index in [0.717, 1.165) is 12.0 Å². The molecule has 2 rings (SSSR count). The first-order valence-electron chi connectivity index (χ1n) is 6.82. The van der Waals surface area contributed by atoms with Gasteiger partial charge in [-0.2, -0.15) is 0 Å². The van der Waals surface area contributed by atoms with Gasteiger partial charge in [0.15, 0.2) is 0 Å². The van der Waals surface area contributed by atoms with Crippen LogP contribution in [0, 0.1) is 11.8 Å². The lowest BCUT2D eigenvalue weighted by Gasteiger charge is -2.23. The van der Waals surface area contributed by atoms with Crippen LogP contribution in [0.3, 0.4) is 0 Å². The third-order valence-electron chi connectivity index (χ3n) is 3.93. The molecular weight excluding hydrogens is 313 g/mol. The molecule has 1 fully saturated rings. The number of hydrogen-bond acceptors (Lipinski definition) is 2. The molecule has 1 aliphatic carbocycles. The van der Waals surface area contributed by atoms with Crippen molar-refractivity contribution >= 4 is 35.1 Å². The van der Waals surface area contributed by atoms with E-state index in [1.54, 1.807) is 30.1 Å². The lowest BCUT2D eigenvalue weighted by atomic mass is 9.95. The van der Waals surface area contributed by atoms with Crippen LogP contribution >= 0.6 is 23.2 Å². The summed E-state index contributed by atoms with van der Waals surface area (Å²) in [6.07, 6.45) is 2.00. The van der Waals surface area contributed by atoms with Crippen molar-refractivity contribution in [3.8, 4) is 0 Å². The molecular formula is C15H17Cl2NO3. The molecule has 1 N–H and O–H groups in total. The summed E-state index contributed by atoms with van der Waals surface area (Å²) >= 11 is 11.8. The van der Waals surface area contributed by atoms with Gasteiger partial charge in [0.1, 0.15) is 0 Å². The van der Waals surface area contributed by atoms with Gasteiger partial charge in [-0.25, -0.2) is 0 Å². The van der Waals surface area contributed by atoms with E-state index in [4.69, 9.17) is 28.3 Å². The smallest absolute Gasteiger partial charge is 0.307 e. The van der Waals surface area contributed by atoms with Crippen LogP contribution in [0.5, 0.6) is 0 Å². The topological polar surface area (TPSA) is 57.6 Å². The van der Waals surface area contributed by atoms with Crippen LogP contribution in [0.25, 0.3) is 0 Å². The van der Waals surface area contributed by atoms with Gasteiger partial charge < -0.3 is 10.0 Å². The van der Waals surface area contributed by atoms with Crippen LogP contribution in [0.4, 0.5) is 0 Å². The molecule has 1 amide bonds. The molecule has 0 heterocycles. The standard InChI is InChI=1S/C15H17Cl2NO3/c1-18(8-9-5-6-12(16)13(17)7-9)14(19)10-3-2-4-11(10)15(20)21/h5-7,10-11H,2-4,8H2,1H3,(H,20,21)/t10-,11+/m1/s1. The van der Waals surface area contributed by atoms with Crippen molar-refractivity contribution in [1.29, 1.82) is 0 Å². The van der Waals surface area contributed by atoms with Crippen molar-refractivity contribution in [2.45, 2.75) is 25.8 Å². The Morgan fingerprint density at radius 3 is 2.52 bits per heavy atom. The van der Waals surface area contributed by atoms with E-state index in [0.29, 0.717) is 29.4 Å². The molecule has 1 aliphatic rings. The van der Waals surface area contributed by atoms with Gasteiger partial charge in [-0.3, -0.25) is 9.59 Å². The number of nitrogens with zero attached hydrogens (tertiary/aromatic N) is 1. The van der Waals surface area contributed by atoms with E-state index in [9.17, 15) is 9.59 Å². The summed E-state index contributed by atoms with van der Waals surface area (Å²) in [5.74, 6) is -1.98. The Morgan fingerprint density at radius 1 is 1.24 bits per heavy atom. The molecule has 4 nitrogen and oxygen atoms in total. The zero-order valence-corrected chi connectivity index (χ0v) is 13.2. The van der Waals surface area contributed by atoms with Gasteiger partial charge in [0.05, 0.1) is 21.9 Å². The first-order valence-corrected chi connectivity index (χ1v) is 7.57. The quantitative estimate of drug-likeness (QED) is 0.920. The van der Waals surface area contributed by atoms with E-state index < -0.39 is 17.8 Å². The number of hydrogen-bond donors (Lipinski definition) is 1. The number of rotatable bonds is 4. The molecule has 1 aromatic rings. The van der Waals surface area contributed by atoms with E-state index in [1.165, 1.54) is 0 Å². The SMILES string of the molecule is CN(Cc1ccc(Cl)c(Cl)c1)C(=O)[C@@H]1CCC[C@@H]1C(=O)O. The summed E-state index contributed by atoms with van der Waals surface area (Å²) < 4.78 is 0. The molecule has 0 spiro atoms. The molecule has 1 aromatic carbocycles. The molecule has 0 saturated heterocycles. The summed E-state index contributed by atoms with van der Waals surface area (Å²) in [6.45, 7) is 0.387. The first kappa shape index (κ1) is 16.1. The summed E-state index contributed by atoms with van der Waals surface area (Å²) in [6, 6.07) is 5.21. The van der Waals surface area contributed by atoms with Crippen molar-refractivity contribution in [1.82, 2.24) is 4.90 Å². The lowest BCUT2D eigenvalue weighted by molar-refractivity contribution is -0.148. The van der Waals surface area contributed by atoms with Crippen molar-refractivity contribution in [3.63, 3.8) is 0 Å². The summed E-state index contributed by atoms with van der Waals surface area (Å²) in [7, 11) is 1.68. The van der Waals surface area contributed by atoms with Crippen molar-refractivity contribution in [2.75, 3.05) is 7.05 Å². The van der Waals surface area contributed by atoms with Gasteiger partial charge in [0, 0.05) is 13.6 Å². The number of aliphatic carboxylic acids is 1. The second kappa shape index (κ2) is 6.67. The van der Waals surface area contributed by atoms with Gasteiger partial charge in [-0.15, -0.1) is 0 Å². The highest BCUT2D eigenvalue weighted by Crippen LogP contribution is 2.33. The second-order valence-corrected chi connectivity index (χ2v) is 6.24. The third-order valence-corrected chi connectivity index (χ3v) is 4.67. The van der Waals surface area contributed by atoms with Gasteiger partial charge in [0.2, 0.25) is 5.91 Å². The molecule has 0 aliphatic heterocycles. The summed E-state index contributed by atoms with van der Waals surface area (Å²) in [4.78, 5) is 25.2. The van der Waals surface area contributed by atoms with Crippen LogP contribution in [0.1, 0.15) is 24.8 Å². The van der Waals surface area contributed by atoms with E-state index >= 15 is 0 Å². The van der Waals surface area contributed by atoms with Crippen molar-refractivity contribution < 1.29 is 14.7 Å². The van der Waals surface area contributed by atoms with Crippen LogP contribution < -0.4 is 0 Å². The number of carbonyl (C=O) groups excluding carboxylic acids is 1. The normalized spacial score (nSPS) is 21.3. The molecule has 0 aromatic heterocycles. The van der Waals surface area contributed by atoms with E-state index in [-0.39, 0.29) is 5.91 Å². The number of amides is 1. The Bertz CT molecular complexity index is 562. The Balaban J connectivity index is 2.05. The van der Waals surface area contributed by atoms with Gasteiger partial charge in [-0.1, -0.05) is 35.7 Å². The van der Waals surface area contributed by atoms with Crippen molar-refractivity contribution in [3.05, 3.63) is 33.8 Å². The highest BCUT2D eigenvalue weighted by molar-refractivity contribution is 6.42. The number of benzene rings is 1. The fourth-order valence-electron chi connectivity index (χ4n) is 2.82. The van der Waals surface area contributed by atoms with Crippen LogP contribution in [-0.4, -0.2) is 28.9 Å². The highest BCUT2D eigenvalue weighted by Gasteiger charge is 2.38. The minimum Gasteiger partial charge on any atom is -0.481 e. The first-order chi connectivity index (χ1) is 9.90. The molecule has 21 heavy (non-hydrogen) atoms. The molecule has 6 heteroatoms. The Morgan fingerprint density at radius 2 is 1.90 bits per heavy atom. The molecule has 0 unspecified atom stereocenters. The van der Waals surface area contributed by atoms with Crippen LogP contribution in [0.15, 0.2) is 18.2 Å².